The smallest absolute Gasteiger partial charge is 0.326 e. The van der Waals surface area contributed by atoms with Gasteiger partial charge in [0.1, 0.15) is 5.56 Å². The van der Waals surface area contributed by atoms with Gasteiger partial charge in [0.25, 0.3) is 0 Å². The fourth-order valence-electron chi connectivity index (χ4n) is 2.27. The van der Waals surface area contributed by atoms with Crippen molar-refractivity contribution in [1.82, 2.24) is 10.1 Å². The van der Waals surface area contributed by atoms with E-state index in [1.807, 2.05) is 6.92 Å². The molecule has 1 N–H and O–H groups in total. The summed E-state index contributed by atoms with van der Waals surface area (Å²) in [4.78, 5) is 26.6. The number of methoxy groups -OCH3 is 1. The van der Waals surface area contributed by atoms with Crippen molar-refractivity contribution >= 4 is 11.5 Å². The molecule has 0 aliphatic carbocycles. The molecule has 0 bridgehead atoms. The Morgan fingerprint density at radius 2 is 2.20 bits per heavy atom. The largest absolute Gasteiger partial charge is 0.499 e. The van der Waals surface area contributed by atoms with Crippen molar-refractivity contribution in [2.75, 3.05) is 20.3 Å². The topological polar surface area (TPSA) is 138 Å². The lowest BCUT2D eigenvalue weighted by molar-refractivity contribution is -0.386. The van der Waals surface area contributed by atoms with Gasteiger partial charge in [0, 0.05) is 12.2 Å². The van der Waals surface area contributed by atoms with E-state index in [0.29, 0.717) is 19.6 Å². The van der Waals surface area contributed by atoms with Crippen LogP contribution in [0.2, 0.25) is 0 Å². The van der Waals surface area contributed by atoms with E-state index in [9.17, 15) is 20.0 Å². The zero-order valence-corrected chi connectivity index (χ0v) is 13.9. The van der Waals surface area contributed by atoms with Gasteiger partial charge in [0.15, 0.2) is 11.5 Å². The van der Waals surface area contributed by atoms with E-state index in [1.54, 1.807) is 0 Å². The average molecular weight is 351 g/mol. The number of benzene rings is 1. The van der Waals surface area contributed by atoms with Crippen molar-refractivity contribution in [3.05, 3.63) is 27.6 Å². The number of aromatic nitrogens is 2. The second kappa shape index (κ2) is 7.71. The maximum atomic E-state index is 12.0. The normalized spacial score (nSPS) is 10.7. The van der Waals surface area contributed by atoms with Crippen LogP contribution < -0.4 is 4.74 Å². The summed E-state index contributed by atoms with van der Waals surface area (Å²) in [6, 6.07) is 1.26. The maximum absolute atomic E-state index is 12.0. The average Bonchev–Trinajstić information content (AvgIpc) is 3.02. The summed E-state index contributed by atoms with van der Waals surface area (Å²) in [6.07, 6.45) is 0.355. The number of hydrogen-bond acceptors (Lipinski definition) is 9. The van der Waals surface area contributed by atoms with Gasteiger partial charge in [-0.1, -0.05) is 5.16 Å². The highest BCUT2D eigenvalue weighted by Gasteiger charge is 2.32. The number of rotatable bonds is 8. The maximum Gasteiger partial charge on any atom is 0.326 e. The highest BCUT2D eigenvalue weighted by molar-refractivity contribution is 6.05. The predicted octanol–water partition coefficient (Wildman–Crippen LogP) is 2.14. The number of ketones is 1. The van der Waals surface area contributed by atoms with Crippen LogP contribution in [-0.4, -0.2) is 46.3 Å². The van der Waals surface area contributed by atoms with E-state index in [1.165, 1.54) is 13.2 Å². The first-order valence-electron chi connectivity index (χ1n) is 7.40. The minimum Gasteiger partial charge on any atom is -0.499 e. The van der Waals surface area contributed by atoms with E-state index in [-0.39, 0.29) is 28.6 Å². The number of ether oxygens (including phenoxy) is 2. The van der Waals surface area contributed by atoms with Crippen LogP contribution in [0.5, 0.6) is 11.5 Å². The van der Waals surface area contributed by atoms with Crippen molar-refractivity contribution in [2.24, 2.45) is 0 Å². The van der Waals surface area contributed by atoms with Crippen LogP contribution in [0.25, 0.3) is 11.4 Å². The molecule has 0 atom stereocenters. The van der Waals surface area contributed by atoms with Crippen LogP contribution in [0.1, 0.15) is 30.1 Å². The molecule has 1 aromatic heterocycles. The SMILES string of the molecule is CCOCCc1nc(-c2cc(OC)c(O)c([N+](=O)[O-])c2C(C)=O)no1. The molecule has 0 amide bonds. The Morgan fingerprint density at radius 1 is 1.48 bits per heavy atom. The molecule has 0 saturated heterocycles. The van der Waals surface area contributed by atoms with Crippen molar-refractivity contribution < 1.29 is 28.8 Å². The summed E-state index contributed by atoms with van der Waals surface area (Å²) in [5, 5.41) is 25.1. The number of phenolic OH excluding ortho intramolecular Hbond substituents is 1. The third kappa shape index (κ3) is 3.74. The first-order valence-corrected chi connectivity index (χ1v) is 7.40. The molecule has 0 spiro atoms. The number of Topliss-reactive ketones (excluding diaryl/α,β-unsaturated/α-hetero) is 1. The summed E-state index contributed by atoms with van der Waals surface area (Å²) in [5.74, 6) is -1.29. The molecular formula is C15H17N3O7. The van der Waals surface area contributed by atoms with Gasteiger partial charge in [-0.3, -0.25) is 14.9 Å². The first kappa shape index (κ1) is 18.3. The lowest BCUT2D eigenvalue weighted by atomic mass is 10.00. The third-order valence-electron chi connectivity index (χ3n) is 3.37. The van der Waals surface area contributed by atoms with Crippen LogP contribution in [0.15, 0.2) is 10.6 Å². The van der Waals surface area contributed by atoms with E-state index < -0.39 is 22.1 Å². The molecule has 25 heavy (non-hydrogen) atoms. The van der Waals surface area contributed by atoms with Crippen molar-refractivity contribution in [3.8, 4) is 22.9 Å². The molecule has 0 aliphatic rings. The fourth-order valence-corrected chi connectivity index (χ4v) is 2.27. The second-order valence-electron chi connectivity index (χ2n) is 4.97. The summed E-state index contributed by atoms with van der Waals surface area (Å²) in [6.45, 7) is 3.90. The van der Waals surface area contributed by atoms with Gasteiger partial charge < -0.3 is 19.1 Å². The minimum atomic E-state index is -0.853. The Balaban J connectivity index is 2.58. The standard InChI is InChI=1S/C15H17N3O7/c1-4-24-6-5-11-16-15(17-25-11)9-7-10(23-3)14(20)13(18(21)22)12(9)8(2)19/h7,20H,4-6H2,1-3H3. The third-order valence-corrected chi connectivity index (χ3v) is 3.37. The zero-order chi connectivity index (χ0) is 18.6. The Hall–Kier alpha value is -3.01. The summed E-state index contributed by atoms with van der Waals surface area (Å²) in [7, 11) is 1.24. The molecule has 10 heteroatoms. The van der Waals surface area contributed by atoms with Crippen LogP contribution in [0, 0.1) is 10.1 Å². The number of nitro benzene ring substituents is 1. The molecule has 0 aliphatic heterocycles. The van der Waals surface area contributed by atoms with E-state index in [0.717, 1.165) is 6.92 Å². The van der Waals surface area contributed by atoms with Crippen molar-refractivity contribution in [1.29, 1.82) is 0 Å². The number of carbonyl (C=O) groups excluding carboxylic acids is 1. The Labute approximate surface area is 142 Å². The highest BCUT2D eigenvalue weighted by Crippen LogP contribution is 2.43. The zero-order valence-electron chi connectivity index (χ0n) is 13.9. The number of nitrogens with zero attached hydrogens (tertiary/aromatic N) is 3. The van der Waals surface area contributed by atoms with Gasteiger partial charge >= 0.3 is 5.69 Å². The van der Waals surface area contributed by atoms with Gasteiger partial charge in [-0.25, -0.2) is 0 Å². The Morgan fingerprint density at radius 3 is 2.76 bits per heavy atom. The molecule has 2 rings (SSSR count). The molecule has 0 saturated carbocycles. The van der Waals surface area contributed by atoms with Crippen LogP contribution in [0.3, 0.4) is 0 Å². The molecule has 2 aromatic rings. The predicted molar refractivity (Wildman–Crippen MR) is 84.8 cm³/mol. The quantitative estimate of drug-likeness (QED) is 0.328. The summed E-state index contributed by atoms with van der Waals surface area (Å²) < 4.78 is 15.2. The number of carbonyl (C=O) groups is 1. The van der Waals surface area contributed by atoms with E-state index >= 15 is 0 Å². The van der Waals surface area contributed by atoms with Gasteiger partial charge in [-0.2, -0.15) is 4.98 Å². The Bertz CT molecular complexity index is 801. The molecule has 1 aromatic carbocycles. The van der Waals surface area contributed by atoms with Gasteiger partial charge in [0.05, 0.1) is 25.1 Å². The second-order valence-corrected chi connectivity index (χ2v) is 4.97. The van der Waals surface area contributed by atoms with Crippen LogP contribution in [-0.2, 0) is 11.2 Å². The van der Waals surface area contributed by atoms with E-state index in [2.05, 4.69) is 10.1 Å². The van der Waals surface area contributed by atoms with Gasteiger partial charge in [0.2, 0.25) is 17.5 Å². The number of phenols is 1. The number of aromatic hydroxyl groups is 1. The molecule has 10 nitrogen and oxygen atoms in total. The summed E-state index contributed by atoms with van der Waals surface area (Å²) >= 11 is 0. The van der Waals surface area contributed by atoms with Crippen LogP contribution >= 0.6 is 0 Å². The number of hydrogen-bond donors (Lipinski definition) is 1. The van der Waals surface area contributed by atoms with Gasteiger partial charge in [-0.15, -0.1) is 0 Å². The molecule has 0 radical (unpaired) electrons. The molecule has 0 unspecified atom stereocenters. The fraction of sp³-hybridized carbons (Fsp3) is 0.400. The molecule has 134 valence electrons. The van der Waals surface area contributed by atoms with Crippen molar-refractivity contribution in [3.63, 3.8) is 0 Å². The van der Waals surface area contributed by atoms with Crippen molar-refractivity contribution in [2.45, 2.75) is 20.3 Å². The number of nitro groups is 1. The summed E-state index contributed by atoms with van der Waals surface area (Å²) in [5.41, 5.74) is -1.04. The molecule has 1 heterocycles. The molecule has 0 fully saturated rings. The minimum absolute atomic E-state index is 0.0156. The Kier molecular flexibility index (Phi) is 5.65. The lowest BCUT2D eigenvalue weighted by Crippen LogP contribution is -2.05. The van der Waals surface area contributed by atoms with E-state index in [4.69, 9.17) is 14.0 Å². The van der Waals surface area contributed by atoms with Crippen LogP contribution in [0.4, 0.5) is 5.69 Å². The van der Waals surface area contributed by atoms with Gasteiger partial charge in [-0.05, 0) is 19.9 Å². The monoisotopic (exact) mass is 351 g/mol. The molecular weight excluding hydrogens is 334 g/mol. The highest BCUT2D eigenvalue weighted by atomic mass is 16.6. The first-order chi connectivity index (χ1) is 11.9. The lowest BCUT2D eigenvalue weighted by Gasteiger charge is -2.10.